The van der Waals surface area contributed by atoms with Gasteiger partial charge in [0.05, 0.1) is 40.2 Å². The van der Waals surface area contributed by atoms with Gasteiger partial charge in [0.2, 0.25) is 0 Å². The molecular formula is C30H31N5O4. The maximum Gasteiger partial charge on any atom is 0.254 e. The number of amides is 1. The number of anilines is 1. The zero-order valence-corrected chi connectivity index (χ0v) is 22.3. The van der Waals surface area contributed by atoms with Crippen molar-refractivity contribution in [2.75, 3.05) is 19.1 Å². The molecule has 1 fully saturated rings. The van der Waals surface area contributed by atoms with Crippen LogP contribution in [0.3, 0.4) is 0 Å². The molecule has 200 valence electrons. The van der Waals surface area contributed by atoms with Crippen LogP contribution in [0.4, 0.5) is 5.69 Å². The van der Waals surface area contributed by atoms with E-state index in [0.717, 1.165) is 33.1 Å². The Labute approximate surface area is 225 Å². The second-order valence-corrected chi connectivity index (χ2v) is 11.5. The van der Waals surface area contributed by atoms with E-state index in [9.17, 15) is 9.90 Å². The summed E-state index contributed by atoms with van der Waals surface area (Å²) in [7, 11) is 3.67. The summed E-state index contributed by atoms with van der Waals surface area (Å²) in [4.78, 5) is 17.8. The fourth-order valence-electron chi connectivity index (χ4n) is 8.13. The molecule has 9 nitrogen and oxygen atoms in total. The van der Waals surface area contributed by atoms with Gasteiger partial charge in [-0.15, -0.1) is 0 Å². The van der Waals surface area contributed by atoms with Crippen molar-refractivity contribution in [1.82, 2.24) is 14.8 Å². The van der Waals surface area contributed by atoms with E-state index in [2.05, 4.69) is 52.1 Å². The van der Waals surface area contributed by atoms with E-state index in [4.69, 9.17) is 14.9 Å². The van der Waals surface area contributed by atoms with Gasteiger partial charge in [-0.1, -0.05) is 42.5 Å². The number of nitrogens with one attached hydrogen (secondary N) is 2. The van der Waals surface area contributed by atoms with Crippen molar-refractivity contribution in [2.24, 2.45) is 0 Å². The number of amidine groups is 1. The van der Waals surface area contributed by atoms with Crippen molar-refractivity contribution in [3.05, 3.63) is 65.3 Å². The molecule has 9 heteroatoms. The number of rotatable bonds is 2. The molecular weight excluding hydrogens is 494 g/mol. The average Bonchev–Trinajstić information content (AvgIpc) is 3.52. The molecule has 1 aliphatic carbocycles. The molecule has 7 atom stereocenters. The number of hydrogen-bond acceptors (Lipinski definition) is 6. The Morgan fingerprint density at radius 2 is 2.03 bits per heavy atom. The molecule has 8 rings (SSSR count). The number of fused-ring (bicyclic) bond motifs is 13. The molecule has 0 spiro atoms. The standard InChI is InChI=1S/C30H31N5O4/c1-14(31)33(3)19-13-20-34-17-11-7-5-9-15(17)21-23-24(29(37)32-28(23)36)22-16-10-6-8-12-18(16)35(26(22)25(21)34)30(2,39-20)27(19)38-4/h5-12,16,18-20,27,29,31,37H,13H2,1-4H3,(H,32,36). The summed E-state index contributed by atoms with van der Waals surface area (Å²) < 4.78 is 15.7. The molecule has 5 heterocycles. The van der Waals surface area contributed by atoms with Gasteiger partial charge in [0, 0.05) is 42.8 Å². The minimum atomic E-state index is -1.08. The maximum atomic E-state index is 13.5. The molecule has 2 bridgehead atoms. The zero-order valence-electron chi connectivity index (χ0n) is 22.3. The first-order chi connectivity index (χ1) is 18.8. The number of allylic oxidation sites excluding steroid dienone is 2. The minimum Gasteiger partial charge on any atom is -0.374 e. The van der Waals surface area contributed by atoms with Gasteiger partial charge in [-0.3, -0.25) is 10.2 Å². The number of aliphatic hydroxyl groups is 1. The third kappa shape index (κ3) is 2.61. The number of aliphatic hydroxyl groups excluding tert-OH is 1. The number of hydrogen-bond donors (Lipinski definition) is 3. The van der Waals surface area contributed by atoms with Crippen LogP contribution in [0.25, 0.3) is 21.8 Å². The fourth-order valence-corrected chi connectivity index (χ4v) is 8.13. The Balaban J connectivity index is 1.57. The van der Waals surface area contributed by atoms with Crippen molar-refractivity contribution in [1.29, 1.82) is 5.41 Å². The fraction of sp³-hybridized carbons (Fsp3) is 0.400. The van der Waals surface area contributed by atoms with Crippen LogP contribution in [-0.2, 0) is 9.47 Å². The number of carbonyl (C=O) groups excluding carboxylic acids is 1. The molecule has 0 saturated carbocycles. The van der Waals surface area contributed by atoms with E-state index < -0.39 is 12.0 Å². The molecule has 39 heavy (non-hydrogen) atoms. The van der Waals surface area contributed by atoms with Crippen molar-refractivity contribution in [3.63, 3.8) is 0 Å². The molecule has 1 amide bonds. The molecule has 5 aliphatic rings. The van der Waals surface area contributed by atoms with Crippen molar-refractivity contribution >= 4 is 39.2 Å². The first kappa shape index (κ1) is 23.2. The SMILES string of the molecule is COC1C(N(C)C(C)=N)CC2OC1(C)N1c3c(c4c(c5c6ccccc6n2c35)C(=O)NC4O)C2C=CC=CC21. The molecule has 0 radical (unpaired) electrons. The summed E-state index contributed by atoms with van der Waals surface area (Å²) in [5, 5.41) is 24.3. The van der Waals surface area contributed by atoms with Gasteiger partial charge in [0.15, 0.2) is 12.0 Å². The second-order valence-electron chi connectivity index (χ2n) is 11.5. The predicted octanol–water partition coefficient (Wildman–Crippen LogP) is 3.89. The highest BCUT2D eigenvalue weighted by molar-refractivity contribution is 6.24. The van der Waals surface area contributed by atoms with E-state index in [1.807, 2.05) is 30.2 Å². The quantitative estimate of drug-likeness (QED) is 0.347. The van der Waals surface area contributed by atoms with Crippen LogP contribution in [-0.4, -0.2) is 64.4 Å². The minimum absolute atomic E-state index is 0.0750. The monoisotopic (exact) mass is 525 g/mol. The summed E-state index contributed by atoms with van der Waals surface area (Å²) in [6.07, 6.45) is 7.22. The summed E-state index contributed by atoms with van der Waals surface area (Å²) in [5.74, 6) is 0.136. The van der Waals surface area contributed by atoms with Crippen molar-refractivity contribution < 1.29 is 19.4 Å². The van der Waals surface area contributed by atoms with Crippen LogP contribution in [0, 0.1) is 5.41 Å². The lowest BCUT2D eigenvalue weighted by Gasteiger charge is -2.54. The van der Waals surface area contributed by atoms with E-state index in [1.165, 1.54) is 0 Å². The van der Waals surface area contributed by atoms with Crippen LogP contribution < -0.4 is 10.2 Å². The number of aromatic nitrogens is 1. The van der Waals surface area contributed by atoms with Crippen LogP contribution >= 0.6 is 0 Å². The zero-order chi connectivity index (χ0) is 27.0. The van der Waals surface area contributed by atoms with Crippen LogP contribution in [0.1, 0.15) is 60.1 Å². The molecule has 3 N–H and O–H groups in total. The van der Waals surface area contributed by atoms with Gasteiger partial charge < -0.3 is 34.3 Å². The van der Waals surface area contributed by atoms with Gasteiger partial charge in [-0.25, -0.2) is 0 Å². The summed E-state index contributed by atoms with van der Waals surface area (Å²) >= 11 is 0. The first-order valence-electron chi connectivity index (χ1n) is 13.5. The number of likely N-dealkylation sites (N-methyl/N-ethyl adjacent to an activating group) is 1. The molecule has 3 aromatic rings. The highest BCUT2D eigenvalue weighted by Gasteiger charge is 2.61. The van der Waals surface area contributed by atoms with Crippen LogP contribution in [0.2, 0.25) is 0 Å². The number of carbonyl (C=O) groups is 1. The topological polar surface area (TPSA) is 103 Å². The normalized spacial score (nSPS) is 33.4. The second kappa shape index (κ2) is 7.50. The summed E-state index contributed by atoms with van der Waals surface area (Å²) in [6, 6.07) is 7.91. The maximum absolute atomic E-state index is 13.5. The number of benzene rings is 2. The largest absolute Gasteiger partial charge is 0.374 e. The van der Waals surface area contributed by atoms with Gasteiger partial charge in [-0.2, -0.15) is 0 Å². The van der Waals surface area contributed by atoms with Crippen LogP contribution in [0.15, 0.2) is 48.6 Å². The van der Waals surface area contributed by atoms with Gasteiger partial charge >= 0.3 is 0 Å². The summed E-state index contributed by atoms with van der Waals surface area (Å²) in [5.41, 5.74) is 4.23. The third-order valence-corrected chi connectivity index (χ3v) is 9.69. The average molecular weight is 526 g/mol. The Morgan fingerprint density at radius 1 is 1.26 bits per heavy atom. The highest BCUT2D eigenvalue weighted by atomic mass is 16.6. The molecule has 1 aromatic heterocycles. The van der Waals surface area contributed by atoms with Gasteiger partial charge in [-0.05, 0) is 25.5 Å². The molecule has 4 aliphatic heterocycles. The Morgan fingerprint density at radius 3 is 2.79 bits per heavy atom. The number of methoxy groups -OCH3 is 1. The molecule has 1 saturated heterocycles. The van der Waals surface area contributed by atoms with Crippen molar-refractivity contribution in [3.8, 4) is 0 Å². The lowest BCUT2D eigenvalue weighted by atomic mass is 9.85. The van der Waals surface area contributed by atoms with Crippen LogP contribution in [0.5, 0.6) is 0 Å². The number of ether oxygens (including phenoxy) is 2. The smallest absolute Gasteiger partial charge is 0.254 e. The van der Waals surface area contributed by atoms with E-state index in [1.54, 1.807) is 14.0 Å². The van der Waals surface area contributed by atoms with E-state index in [-0.39, 0.29) is 36.2 Å². The highest BCUT2D eigenvalue weighted by Crippen LogP contribution is 2.61. The lowest BCUT2D eigenvalue weighted by molar-refractivity contribution is -0.227. The lowest BCUT2D eigenvalue weighted by Crippen LogP contribution is -2.68. The van der Waals surface area contributed by atoms with Crippen molar-refractivity contribution in [2.45, 2.75) is 62.6 Å². The molecule has 7 unspecified atom stereocenters. The first-order valence-corrected chi connectivity index (χ1v) is 13.5. The number of nitrogens with zero attached hydrogens (tertiary/aromatic N) is 3. The Hall–Kier alpha value is -3.66. The Kier molecular flexibility index (Phi) is 4.47. The Bertz CT molecular complexity index is 1690. The van der Waals surface area contributed by atoms with E-state index in [0.29, 0.717) is 23.4 Å². The van der Waals surface area contributed by atoms with Gasteiger partial charge in [0.1, 0.15) is 12.3 Å². The van der Waals surface area contributed by atoms with Gasteiger partial charge in [0.25, 0.3) is 5.91 Å². The number of para-hydroxylation sites is 1. The van der Waals surface area contributed by atoms with E-state index >= 15 is 0 Å². The molecule has 2 aromatic carbocycles. The third-order valence-electron chi connectivity index (χ3n) is 9.69. The predicted molar refractivity (Wildman–Crippen MR) is 148 cm³/mol. The summed E-state index contributed by atoms with van der Waals surface area (Å²) in [6.45, 7) is 3.90.